The second-order valence-electron chi connectivity index (χ2n) is 8.60. The van der Waals surface area contributed by atoms with Crippen LogP contribution in [-0.2, 0) is 4.79 Å². The topological polar surface area (TPSA) is 79.9 Å². The van der Waals surface area contributed by atoms with E-state index in [1.165, 1.54) is 0 Å². The highest BCUT2D eigenvalue weighted by molar-refractivity contribution is 5.95. The van der Waals surface area contributed by atoms with E-state index in [9.17, 15) is 9.59 Å². The number of nitrogens with zero attached hydrogens (tertiary/aromatic N) is 1. The minimum Gasteiger partial charge on any atom is -0.497 e. The Balaban J connectivity index is 1.72. The molecule has 1 aromatic rings. The van der Waals surface area contributed by atoms with E-state index in [1.54, 1.807) is 32.4 Å². The van der Waals surface area contributed by atoms with Gasteiger partial charge in [0.1, 0.15) is 11.5 Å². The molecule has 29 heavy (non-hydrogen) atoms. The maximum Gasteiger partial charge on any atom is 0.251 e. The number of piperidine rings is 1. The van der Waals surface area contributed by atoms with Gasteiger partial charge >= 0.3 is 0 Å². The van der Waals surface area contributed by atoms with Crippen LogP contribution < -0.4 is 20.1 Å². The number of amides is 2. The van der Waals surface area contributed by atoms with Crippen molar-refractivity contribution in [2.75, 3.05) is 46.9 Å². The van der Waals surface area contributed by atoms with E-state index in [4.69, 9.17) is 9.47 Å². The van der Waals surface area contributed by atoms with Crippen LogP contribution >= 0.6 is 0 Å². The number of carbonyl (C=O) groups excluding carboxylic acids is 2. The molecule has 2 rings (SSSR count). The number of methoxy groups -OCH3 is 2. The summed E-state index contributed by atoms with van der Waals surface area (Å²) < 4.78 is 10.5. The highest BCUT2D eigenvalue weighted by Crippen LogP contribution is 2.23. The van der Waals surface area contributed by atoms with Gasteiger partial charge in [-0.3, -0.25) is 9.59 Å². The van der Waals surface area contributed by atoms with Gasteiger partial charge in [0.2, 0.25) is 5.91 Å². The van der Waals surface area contributed by atoms with Gasteiger partial charge in [-0.1, -0.05) is 20.8 Å². The standard InChI is InChI=1S/C22H35N3O4/c1-22(2,3)21(27)23-8-11-25-9-6-16(7-10-25)15-24-20(26)17-12-18(28-4)14-19(13-17)29-5/h12-14,16H,6-11,15H2,1-5H3,(H,23,27)(H,24,26). The normalized spacial score (nSPS) is 15.6. The molecule has 0 spiro atoms. The van der Waals surface area contributed by atoms with Crippen LogP contribution in [0.2, 0.25) is 0 Å². The molecule has 1 aliphatic heterocycles. The Labute approximate surface area is 174 Å². The quantitative estimate of drug-likeness (QED) is 0.694. The first-order chi connectivity index (χ1) is 13.7. The molecular weight excluding hydrogens is 370 g/mol. The van der Waals surface area contributed by atoms with Crippen LogP contribution in [0.5, 0.6) is 11.5 Å². The number of hydrogen-bond donors (Lipinski definition) is 2. The van der Waals surface area contributed by atoms with Crippen LogP contribution in [0.25, 0.3) is 0 Å². The maximum atomic E-state index is 12.5. The van der Waals surface area contributed by atoms with Crippen molar-refractivity contribution in [1.29, 1.82) is 0 Å². The lowest BCUT2D eigenvalue weighted by atomic mass is 9.95. The summed E-state index contributed by atoms with van der Waals surface area (Å²) in [7, 11) is 3.14. The number of benzene rings is 1. The third-order valence-electron chi connectivity index (χ3n) is 5.27. The van der Waals surface area contributed by atoms with Crippen molar-refractivity contribution < 1.29 is 19.1 Å². The third-order valence-corrected chi connectivity index (χ3v) is 5.27. The van der Waals surface area contributed by atoms with Gasteiger partial charge in [0, 0.05) is 36.7 Å². The van der Waals surface area contributed by atoms with Crippen molar-refractivity contribution in [3.8, 4) is 11.5 Å². The Kier molecular flexibility index (Phi) is 8.32. The Morgan fingerprint density at radius 3 is 2.14 bits per heavy atom. The molecule has 0 bridgehead atoms. The fourth-order valence-corrected chi connectivity index (χ4v) is 3.28. The van der Waals surface area contributed by atoms with E-state index in [-0.39, 0.29) is 17.2 Å². The molecule has 0 saturated carbocycles. The molecule has 1 aliphatic rings. The van der Waals surface area contributed by atoms with E-state index in [0.29, 0.717) is 36.1 Å². The van der Waals surface area contributed by atoms with Crippen LogP contribution in [0.1, 0.15) is 44.0 Å². The minimum absolute atomic E-state index is 0.0873. The van der Waals surface area contributed by atoms with Gasteiger partial charge in [0.05, 0.1) is 14.2 Å². The molecule has 1 saturated heterocycles. The molecule has 1 fully saturated rings. The van der Waals surface area contributed by atoms with Crippen molar-refractivity contribution in [1.82, 2.24) is 15.5 Å². The van der Waals surface area contributed by atoms with Crippen molar-refractivity contribution in [3.63, 3.8) is 0 Å². The fraction of sp³-hybridized carbons (Fsp3) is 0.636. The zero-order valence-electron chi connectivity index (χ0n) is 18.3. The first kappa shape index (κ1) is 23.0. The summed E-state index contributed by atoms with van der Waals surface area (Å²) in [5.41, 5.74) is 0.186. The molecule has 1 aromatic carbocycles. The molecule has 0 atom stereocenters. The molecule has 0 aromatic heterocycles. The summed E-state index contributed by atoms with van der Waals surface area (Å²) in [5, 5.41) is 6.04. The summed E-state index contributed by atoms with van der Waals surface area (Å²) in [6.07, 6.45) is 2.07. The predicted molar refractivity (Wildman–Crippen MR) is 114 cm³/mol. The van der Waals surface area contributed by atoms with Gasteiger partial charge in [-0.25, -0.2) is 0 Å². The maximum absolute atomic E-state index is 12.5. The fourth-order valence-electron chi connectivity index (χ4n) is 3.28. The van der Waals surface area contributed by atoms with Gasteiger partial charge < -0.3 is 25.0 Å². The number of likely N-dealkylation sites (tertiary alicyclic amines) is 1. The average Bonchev–Trinajstić information content (AvgIpc) is 2.71. The number of nitrogens with one attached hydrogen (secondary N) is 2. The lowest BCUT2D eigenvalue weighted by Gasteiger charge is -2.32. The number of carbonyl (C=O) groups is 2. The molecular formula is C22H35N3O4. The van der Waals surface area contributed by atoms with Gasteiger partial charge in [-0.05, 0) is 44.0 Å². The summed E-state index contributed by atoms with van der Waals surface area (Å²) in [6, 6.07) is 5.18. The minimum atomic E-state index is -0.349. The number of rotatable bonds is 8. The largest absolute Gasteiger partial charge is 0.497 e. The summed E-state index contributed by atoms with van der Waals surface area (Å²) in [6.45, 7) is 9.93. The highest BCUT2D eigenvalue weighted by atomic mass is 16.5. The first-order valence-electron chi connectivity index (χ1n) is 10.2. The lowest BCUT2D eigenvalue weighted by molar-refractivity contribution is -0.128. The summed E-state index contributed by atoms with van der Waals surface area (Å²) in [4.78, 5) is 26.8. The van der Waals surface area contributed by atoms with Crippen molar-refractivity contribution >= 4 is 11.8 Å². The number of ether oxygens (including phenoxy) is 2. The Bertz CT molecular complexity index is 670. The SMILES string of the molecule is COc1cc(OC)cc(C(=O)NCC2CCN(CCNC(=O)C(C)(C)C)CC2)c1. The Morgan fingerprint density at radius 2 is 1.62 bits per heavy atom. The highest BCUT2D eigenvalue weighted by Gasteiger charge is 2.22. The molecule has 7 heteroatoms. The van der Waals surface area contributed by atoms with Crippen LogP contribution in [0.15, 0.2) is 18.2 Å². The molecule has 0 radical (unpaired) electrons. The summed E-state index contributed by atoms with van der Waals surface area (Å²) >= 11 is 0. The zero-order valence-corrected chi connectivity index (χ0v) is 18.3. The van der Waals surface area contributed by atoms with Crippen LogP contribution in [0, 0.1) is 11.3 Å². The third kappa shape index (κ3) is 7.24. The second kappa shape index (κ2) is 10.5. The Morgan fingerprint density at radius 1 is 1.03 bits per heavy atom. The van der Waals surface area contributed by atoms with Crippen molar-refractivity contribution in [3.05, 3.63) is 23.8 Å². The van der Waals surface area contributed by atoms with E-state index in [2.05, 4.69) is 15.5 Å². The average molecular weight is 406 g/mol. The molecule has 162 valence electrons. The Hall–Kier alpha value is -2.28. The van der Waals surface area contributed by atoms with Crippen LogP contribution in [0.4, 0.5) is 0 Å². The van der Waals surface area contributed by atoms with Gasteiger partial charge in [-0.15, -0.1) is 0 Å². The van der Waals surface area contributed by atoms with Crippen LogP contribution in [0.3, 0.4) is 0 Å². The van der Waals surface area contributed by atoms with Gasteiger partial charge in [0.25, 0.3) is 5.91 Å². The molecule has 7 nitrogen and oxygen atoms in total. The smallest absolute Gasteiger partial charge is 0.251 e. The summed E-state index contributed by atoms with van der Waals surface area (Å²) in [5.74, 6) is 1.63. The molecule has 0 unspecified atom stereocenters. The number of hydrogen-bond acceptors (Lipinski definition) is 5. The first-order valence-corrected chi connectivity index (χ1v) is 10.2. The van der Waals surface area contributed by atoms with E-state index in [1.807, 2.05) is 20.8 Å². The molecule has 2 N–H and O–H groups in total. The monoisotopic (exact) mass is 405 g/mol. The van der Waals surface area contributed by atoms with Crippen LogP contribution in [-0.4, -0.2) is 63.7 Å². The second-order valence-corrected chi connectivity index (χ2v) is 8.60. The van der Waals surface area contributed by atoms with E-state index in [0.717, 1.165) is 32.5 Å². The molecule has 0 aliphatic carbocycles. The molecule has 2 amide bonds. The van der Waals surface area contributed by atoms with Gasteiger partial charge in [0.15, 0.2) is 0 Å². The van der Waals surface area contributed by atoms with E-state index >= 15 is 0 Å². The lowest BCUT2D eigenvalue weighted by Crippen LogP contribution is -2.43. The molecule has 1 heterocycles. The zero-order chi connectivity index (χ0) is 21.4. The van der Waals surface area contributed by atoms with Crippen molar-refractivity contribution in [2.45, 2.75) is 33.6 Å². The van der Waals surface area contributed by atoms with Gasteiger partial charge in [-0.2, -0.15) is 0 Å². The van der Waals surface area contributed by atoms with E-state index < -0.39 is 0 Å². The van der Waals surface area contributed by atoms with Crippen molar-refractivity contribution in [2.24, 2.45) is 11.3 Å². The predicted octanol–water partition coefficient (Wildman–Crippen LogP) is 2.31.